The molecule has 3 aromatic rings. The lowest BCUT2D eigenvalue weighted by Gasteiger charge is -2.19. The van der Waals surface area contributed by atoms with E-state index >= 15 is 0 Å². The lowest BCUT2D eigenvalue weighted by molar-refractivity contribution is 0.0637. The minimum Gasteiger partial charge on any atom is -0.490 e. The van der Waals surface area contributed by atoms with Crippen LogP contribution in [-0.4, -0.2) is 18.7 Å². The number of esters is 1. The lowest BCUT2D eigenvalue weighted by atomic mass is 10.0. The average molecular weight is 601 g/mol. The second-order valence-electron chi connectivity index (χ2n) is 12.1. The van der Waals surface area contributed by atoms with Crippen LogP contribution in [0.3, 0.4) is 0 Å². The fraction of sp³-hybridized carbons (Fsp3) is 0.525. The molecule has 0 heterocycles. The van der Waals surface area contributed by atoms with Crippen molar-refractivity contribution in [2.45, 2.75) is 130 Å². The SMILES string of the molecule is CCCCCCCCCCCC(CCC)Oc1ccc(OC(=O)c2ccc(-c3ccc(C(C)OCCCC)cc3)cc2)cc1. The summed E-state index contributed by atoms with van der Waals surface area (Å²) < 4.78 is 17.9. The van der Waals surface area contributed by atoms with Gasteiger partial charge in [0.05, 0.1) is 17.8 Å². The molecule has 0 aliphatic carbocycles. The molecule has 3 aromatic carbocycles. The predicted molar refractivity (Wildman–Crippen MR) is 184 cm³/mol. The van der Waals surface area contributed by atoms with Gasteiger partial charge < -0.3 is 14.2 Å². The van der Waals surface area contributed by atoms with Crippen molar-refractivity contribution in [2.75, 3.05) is 6.61 Å². The first kappa shape index (κ1) is 35.4. The van der Waals surface area contributed by atoms with Gasteiger partial charge in [0.2, 0.25) is 0 Å². The molecule has 2 unspecified atom stereocenters. The first-order valence-corrected chi connectivity index (χ1v) is 17.3. The molecule has 0 aromatic heterocycles. The van der Waals surface area contributed by atoms with Crippen molar-refractivity contribution in [3.05, 3.63) is 83.9 Å². The second kappa shape index (κ2) is 20.8. The molecular weight excluding hydrogens is 544 g/mol. The number of carbonyl (C=O) groups is 1. The van der Waals surface area contributed by atoms with Crippen LogP contribution in [0.25, 0.3) is 11.1 Å². The Kier molecular flexibility index (Phi) is 16.7. The van der Waals surface area contributed by atoms with Crippen molar-refractivity contribution >= 4 is 5.97 Å². The summed E-state index contributed by atoms with van der Waals surface area (Å²) in [5.74, 6) is 0.979. The van der Waals surface area contributed by atoms with Gasteiger partial charge in [-0.3, -0.25) is 0 Å². The molecule has 3 rings (SSSR count). The third-order valence-electron chi connectivity index (χ3n) is 8.28. The zero-order valence-electron chi connectivity index (χ0n) is 27.8. The maximum absolute atomic E-state index is 12.8. The summed E-state index contributed by atoms with van der Waals surface area (Å²) in [4.78, 5) is 12.8. The van der Waals surface area contributed by atoms with Crippen LogP contribution in [0.1, 0.15) is 140 Å². The van der Waals surface area contributed by atoms with Gasteiger partial charge in [-0.05, 0) is 85.7 Å². The molecule has 4 heteroatoms. The lowest BCUT2D eigenvalue weighted by Crippen LogP contribution is -2.16. The molecular formula is C40H56O4. The molecule has 0 spiro atoms. The van der Waals surface area contributed by atoms with Crippen molar-refractivity contribution in [3.8, 4) is 22.6 Å². The number of hydrogen-bond donors (Lipinski definition) is 0. The van der Waals surface area contributed by atoms with Gasteiger partial charge in [-0.15, -0.1) is 0 Å². The predicted octanol–water partition coefficient (Wildman–Crippen LogP) is 11.9. The van der Waals surface area contributed by atoms with Gasteiger partial charge in [-0.1, -0.05) is 121 Å². The van der Waals surface area contributed by atoms with E-state index < -0.39 is 0 Å². The average Bonchev–Trinajstić information content (AvgIpc) is 3.05. The van der Waals surface area contributed by atoms with Crippen molar-refractivity contribution in [2.24, 2.45) is 0 Å². The molecule has 0 aliphatic rings. The number of benzene rings is 3. The van der Waals surface area contributed by atoms with Gasteiger partial charge >= 0.3 is 5.97 Å². The van der Waals surface area contributed by atoms with Gasteiger partial charge in [0.15, 0.2) is 0 Å². The highest BCUT2D eigenvalue weighted by Gasteiger charge is 2.13. The zero-order valence-corrected chi connectivity index (χ0v) is 27.8. The fourth-order valence-corrected chi connectivity index (χ4v) is 5.46. The van der Waals surface area contributed by atoms with Gasteiger partial charge in [0, 0.05) is 6.61 Å². The molecule has 0 fully saturated rings. The topological polar surface area (TPSA) is 44.8 Å². The highest BCUT2D eigenvalue weighted by atomic mass is 16.5. The summed E-state index contributed by atoms with van der Waals surface area (Å²) in [7, 11) is 0. The smallest absolute Gasteiger partial charge is 0.343 e. The van der Waals surface area contributed by atoms with E-state index in [0.29, 0.717) is 11.3 Å². The Morgan fingerprint density at radius 2 is 1.14 bits per heavy atom. The summed E-state index contributed by atoms with van der Waals surface area (Å²) in [5, 5.41) is 0. The minimum atomic E-state index is -0.368. The Hall–Kier alpha value is -3.11. The summed E-state index contributed by atoms with van der Waals surface area (Å²) >= 11 is 0. The standard InChI is InChI=1S/C40H56O4/c1-5-8-10-11-12-13-14-15-16-18-37(17-7-3)43-38-27-29-39(30-28-38)44-40(41)36-25-23-35(24-26-36)34-21-19-33(20-22-34)32(4)42-31-9-6-2/h19-30,32,37H,5-18,31H2,1-4H3. The van der Waals surface area contributed by atoms with Crippen LogP contribution in [0.2, 0.25) is 0 Å². The van der Waals surface area contributed by atoms with Crippen LogP contribution < -0.4 is 9.47 Å². The summed E-state index contributed by atoms with van der Waals surface area (Å²) in [6, 6.07) is 23.5. The van der Waals surface area contributed by atoms with E-state index in [0.717, 1.165) is 55.6 Å². The van der Waals surface area contributed by atoms with E-state index in [9.17, 15) is 4.79 Å². The van der Waals surface area contributed by atoms with Crippen LogP contribution in [-0.2, 0) is 4.74 Å². The van der Waals surface area contributed by atoms with E-state index in [4.69, 9.17) is 14.2 Å². The third-order valence-corrected chi connectivity index (χ3v) is 8.28. The summed E-state index contributed by atoms with van der Waals surface area (Å²) in [6.45, 7) is 9.53. The van der Waals surface area contributed by atoms with E-state index in [2.05, 4.69) is 52.0 Å². The Balaban J connectivity index is 1.44. The summed E-state index contributed by atoms with van der Waals surface area (Å²) in [6.07, 6.45) is 17.8. The highest BCUT2D eigenvalue weighted by molar-refractivity contribution is 5.91. The molecule has 4 nitrogen and oxygen atoms in total. The van der Waals surface area contributed by atoms with E-state index in [1.54, 1.807) is 0 Å². The summed E-state index contributed by atoms with van der Waals surface area (Å²) in [5.41, 5.74) is 3.84. The van der Waals surface area contributed by atoms with Crippen molar-refractivity contribution in [3.63, 3.8) is 0 Å². The number of unbranched alkanes of at least 4 members (excludes halogenated alkanes) is 9. The van der Waals surface area contributed by atoms with Gasteiger partial charge in [0.1, 0.15) is 11.5 Å². The number of rotatable bonds is 22. The molecule has 240 valence electrons. The van der Waals surface area contributed by atoms with Crippen molar-refractivity contribution in [1.82, 2.24) is 0 Å². The molecule has 0 amide bonds. The largest absolute Gasteiger partial charge is 0.490 e. The van der Waals surface area contributed by atoms with Crippen molar-refractivity contribution < 1.29 is 19.0 Å². The number of ether oxygens (including phenoxy) is 3. The fourth-order valence-electron chi connectivity index (χ4n) is 5.46. The minimum absolute atomic E-state index is 0.0793. The van der Waals surface area contributed by atoms with Crippen LogP contribution in [0.15, 0.2) is 72.8 Å². The van der Waals surface area contributed by atoms with E-state index in [1.165, 1.54) is 63.4 Å². The zero-order chi connectivity index (χ0) is 31.4. The highest BCUT2D eigenvalue weighted by Crippen LogP contribution is 2.26. The van der Waals surface area contributed by atoms with Crippen LogP contribution in [0.5, 0.6) is 11.5 Å². The molecule has 0 saturated carbocycles. The van der Waals surface area contributed by atoms with Crippen LogP contribution >= 0.6 is 0 Å². The maximum Gasteiger partial charge on any atom is 0.343 e. The number of carbonyl (C=O) groups excluding carboxylic acids is 1. The molecule has 0 bridgehead atoms. The Bertz CT molecular complexity index is 1170. The molecule has 0 radical (unpaired) electrons. The van der Waals surface area contributed by atoms with Crippen molar-refractivity contribution in [1.29, 1.82) is 0 Å². The maximum atomic E-state index is 12.8. The van der Waals surface area contributed by atoms with Gasteiger partial charge in [0.25, 0.3) is 0 Å². The Morgan fingerprint density at radius 1 is 0.591 bits per heavy atom. The Labute approximate surface area is 267 Å². The quantitative estimate of drug-likeness (QED) is 0.0654. The third kappa shape index (κ3) is 12.9. The van der Waals surface area contributed by atoms with Gasteiger partial charge in [-0.25, -0.2) is 4.79 Å². The first-order valence-electron chi connectivity index (χ1n) is 17.3. The monoisotopic (exact) mass is 600 g/mol. The molecule has 2 atom stereocenters. The normalized spacial score (nSPS) is 12.5. The van der Waals surface area contributed by atoms with Crippen LogP contribution in [0, 0.1) is 0 Å². The van der Waals surface area contributed by atoms with Gasteiger partial charge in [-0.2, -0.15) is 0 Å². The van der Waals surface area contributed by atoms with Crippen LogP contribution in [0.4, 0.5) is 0 Å². The molecule has 0 N–H and O–H groups in total. The molecule has 44 heavy (non-hydrogen) atoms. The second-order valence-corrected chi connectivity index (χ2v) is 12.1. The molecule has 0 saturated heterocycles. The van der Waals surface area contributed by atoms with E-state index in [1.807, 2.05) is 48.5 Å². The number of hydrogen-bond acceptors (Lipinski definition) is 4. The Morgan fingerprint density at radius 3 is 1.73 bits per heavy atom. The van der Waals surface area contributed by atoms with E-state index in [-0.39, 0.29) is 18.2 Å². The first-order chi connectivity index (χ1) is 21.5. The molecule has 0 aliphatic heterocycles.